The molecule has 0 radical (unpaired) electrons. The van der Waals surface area contributed by atoms with E-state index in [1.165, 1.54) is 12.1 Å². The third kappa shape index (κ3) is 5.74. The Kier molecular flexibility index (Phi) is 7.43. The summed E-state index contributed by atoms with van der Waals surface area (Å²) in [6.07, 6.45) is 0.143. The van der Waals surface area contributed by atoms with E-state index in [-0.39, 0.29) is 17.6 Å². The van der Waals surface area contributed by atoms with Gasteiger partial charge in [-0.05, 0) is 70.2 Å². The Morgan fingerprint density at radius 2 is 1.81 bits per heavy atom. The molecule has 1 N–H and O–H groups in total. The molecule has 0 unspecified atom stereocenters. The molecule has 8 heteroatoms. The van der Waals surface area contributed by atoms with Crippen molar-refractivity contribution in [3.8, 4) is 0 Å². The Labute approximate surface area is 209 Å². The van der Waals surface area contributed by atoms with Gasteiger partial charge in [0.15, 0.2) is 0 Å². The zero-order valence-corrected chi connectivity index (χ0v) is 21.0. The molecule has 2 heterocycles. The van der Waals surface area contributed by atoms with Crippen molar-refractivity contribution in [2.75, 3.05) is 18.4 Å². The molecule has 4 rings (SSSR count). The molecule has 0 spiro atoms. The lowest BCUT2D eigenvalue weighted by Gasteiger charge is -2.33. The number of benzene rings is 2. The number of fused-ring (bicyclic) bond motifs is 1. The highest BCUT2D eigenvalue weighted by Crippen LogP contribution is 2.34. The average Bonchev–Trinajstić information content (AvgIpc) is 2.83. The molecular formula is C28H32F3N3O2. The Balaban J connectivity index is 1.52. The number of halogens is 3. The lowest BCUT2D eigenvalue weighted by Crippen LogP contribution is -2.41. The van der Waals surface area contributed by atoms with E-state index in [0.717, 1.165) is 41.1 Å². The van der Waals surface area contributed by atoms with Crippen LogP contribution >= 0.6 is 0 Å². The number of nitrogens with one attached hydrogen (secondary N) is 1. The average molecular weight is 500 g/mol. The van der Waals surface area contributed by atoms with Gasteiger partial charge < -0.3 is 15.0 Å². The number of anilines is 1. The number of amides is 1. The number of piperidine rings is 1. The van der Waals surface area contributed by atoms with Crippen LogP contribution in [0.1, 0.15) is 75.6 Å². The number of nitrogens with zero attached hydrogens (tertiary/aromatic N) is 2. The standard InChI is InChI=1S/C28H32F3N3O2/c1-17(20-6-5-7-21(25(20)29)26(30)31)33-24-10-13-32-23-9-8-19(16-22(23)24)18-11-14-34(15-12-18)27(35)36-28(2,3)4/h5-10,13,16-18,26H,11-12,14-15H2,1-4H3,(H,32,33)/t17-/m1/s1. The van der Waals surface area contributed by atoms with Gasteiger partial charge in [0.25, 0.3) is 6.43 Å². The summed E-state index contributed by atoms with van der Waals surface area (Å²) < 4.78 is 46.5. The van der Waals surface area contributed by atoms with Crippen LogP contribution in [0.3, 0.4) is 0 Å². The van der Waals surface area contributed by atoms with Gasteiger partial charge in [-0.3, -0.25) is 4.98 Å². The molecule has 1 amide bonds. The molecule has 3 aromatic rings. The minimum Gasteiger partial charge on any atom is -0.444 e. The highest BCUT2D eigenvalue weighted by molar-refractivity contribution is 5.91. The number of likely N-dealkylation sites (tertiary alicyclic amines) is 1. The normalized spacial score (nSPS) is 15.8. The van der Waals surface area contributed by atoms with Crippen LogP contribution in [0.15, 0.2) is 48.7 Å². The summed E-state index contributed by atoms with van der Waals surface area (Å²) in [5, 5.41) is 4.16. The molecule has 36 heavy (non-hydrogen) atoms. The van der Waals surface area contributed by atoms with Crippen LogP contribution in [0, 0.1) is 5.82 Å². The molecule has 1 fully saturated rings. The first-order valence-electron chi connectivity index (χ1n) is 12.2. The number of hydrogen-bond donors (Lipinski definition) is 1. The fourth-order valence-corrected chi connectivity index (χ4v) is 4.65. The van der Waals surface area contributed by atoms with Gasteiger partial charge in [-0.1, -0.05) is 24.3 Å². The highest BCUT2D eigenvalue weighted by atomic mass is 19.3. The molecule has 2 aromatic carbocycles. The summed E-state index contributed by atoms with van der Waals surface area (Å²) in [4.78, 5) is 18.6. The van der Waals surface area contributed by atoms with Crippen molar-refractivity contribution in [2.24, 2.45) is 0 Å². The Hall–Kier alpha value is -3.29. The molecule has 1 aliphatic heterocycles. The van der Waals surface area contributed by atoms with Gasteiger partial charge in [-0.2, -0.15) is 0 Å². The largest absolute Gasteiger partial charge is 0.444 e. The molecule has 0 aliphatic carbocycles. The summed E-state index contributed by atoms with van der Waals surface area (Å²) in [5.74, 6) is -0.609. The van der Waals surface area contributed by atoms with Crippen LogP contribution in [0.5, 0.6) is 0 Å². The Bertz CT molecular complexity index is 1230. The number of ether oxygens (including phenoxy) is 1. The number of rotatable bonds is 5. The monoisotopic (exact) mass is 499 g/mol. The molecule has 1 atom stereocenters. The van der Waals surface area contributed by atoms with Gasteiger partial charge in [-0.15, -0.1) is 0 Å². The summed E-state index contributed by atoms with van der Waals surface area (Å²) in [7, 11) is 0. The lowest BCUT2D eigenvalue weighted by molar-refractivity contribution is 0.0205. The van der Waals surface area contributed by atoms with Crippen molar-refractivity contribution in [3.05, 3.63) is 71.2 Å². The van der Waals surface area contributed by atoms with Gasteiger partial charge >= 0.3 is 6.09 Å². The second-order valence-corrected chi connectivity index (χ2v) is 10.3. The maximum atomic E-state index is 14.7. The first-order chi connectivity index (χ1) is 17.0. The number of hydrogen-bond acceptors (Lipinski definition) is 4. The van der Waals surface area contributed by atoms with Crippen molar-refractivity contribution in [1.82, 2.24) is 9.88 Å². The predicted molar refractivity (Wildman–Crippen MR) is 135 cm³/mol. The molecular weight excluding hydrogens is 467 g/mol. The van der Waals surface area contributed by atoms with Crippen molar-refractivity contribution < 1.29 is 22.7 Å². The summed E-state index contributed by atoms with van der Waals surface area (Å²) >= 11 is 0. The van der Waals surface area contributed by atoms with E-state index >= 15 is 0 Å². The maximum absolute atomic E-state index is 14.7. The quantitative estimate of drug-likeness (QED) is 0.393. The van der Waals surface area contributed by atoms with Crippen molar-refractivity contribution in [1.29, 1.82) is 0 Å². The van der Waals surface area contributed by atoms with Crippen LogP contribution in [0.4, 0.5) is 23.7 Å². The smallest absolute Gasteiger partial charge is 0.410 e. The second kappa shape index (κ2) is 10.4. The molecule has 1 saturated heterocycles. The van der Waals surface area contributed by atoms with Gasteiger partial charge in [0.2, 0.25) is 0 Å². The Morgan fingerprint density at radius 3 is 2.47 bits per heavy atom. The highest BCUT2D eigenvalue weighted by Gasteiger charge is 2.28. The summed E-state index contributed by atoms with van der Waals surface area (Å²) in [6, 6.07) is 11.4. The van der Waals surface area contributed by atoms with E-state index in [0.29, 0.717) is 13.1 Å². The SMILES string of the molecule is C[C@@H](Nc1ccnc2ccc(C3CCN(C(=O)OC(C)(C)C)CC3)cc12)c1cccc(C(F)F)c1F. The van der Waals surface area contributed by atoms with Gasteiger partial charge in [0.1, 0.15) is 11.4 Å². The number of carbonyl (C=O) groups excluding carboxylic acids is 1. The van der Waals surface area contributed by atoms with Crippen LogP contribution in [-0.4, -0.2) is 34.7 Å². The number of pyridine rings is 1. The van der Waals surface area contributed by atoms with E-state index in [1.54, 1.807) is 18.0 Å². The number of alkyl halides is 2. The van der Waals surface area contributed by atoms with E-state index in [9.17, 15) is 18.0 Å². The van der Waals surface area contributed by atoms with Gasteiger partial charge in [0, 0.05) is 35.9 Å². The molecule has 1 aromatic heterocycles. The van der Waals surface area contributed by atoms with Crippen molar-refractivity contribution in [3.63, 3.8) is 0 Å². The summed E-state index contributed by atoms with van der Waals surface area (Å²) in [5.41, 5.74) is 1.74. The van der Waals surface area contributed by atoms with Crippen LogP contribution < -0.4 is 5.32 Å². The van der Waals surface area contributed by atoms with Crippen LogP contribution in [0.25, 0.3) is 10.9 Å². The third-order valence-electron chi connectivity index (χ3n) is 6.52. The van der Waals surface area contributed by atoms with Gasteiger partial charge in [0.05, 0.1) is 17.1 Å². The van der Waals surface area contributed by atoms with E-state index in [1.807, 2.05) is 32.9 Å². The first kappa shape index (κ1) is 25.8. The zero-order chi connectivity index (χ0) is 26.0. The molecule has 192 valence electrons. The molecule has 1 aliphatic rings. The molecule has 0 saturated carbocycles. The van der Waals surface area contributed by atoms with E-state index in [2.05, 4.69) is 22.4 Å². The minimum atomic E-state index is -2.87. The summed E-state index contributed by atoms with van der Waals surface area (Å²) in [6.45, 7) is 8.56. The predicted octanol–water partition coefficient (Wildman–Crippen LogP) is 7.60. The van der Waals surface area contributed by atoms with E-state index < -0.39 is 29.4 Å². The lowest BCUT2D eigenvalue weighted by atomic mass is 9.88. The van der Waals surface area contributed by atoms with Crippen LogP contribution in [0.2, 0.25) is 0 Å². The topological polar surface area (TPSA) is 54.5 Å². The minimum absolute atomic E-state index is 0.184. The first-order valence-corrected chi connectivity index (χ1v) is 12.2. The maximum Gasteiger partial charge on any atom is 0.410 e. The van der Waals surface area contributed by atoms with Crippen molar-refractivity contribution >= 4 is 22.7 Å². The molecule has 0 bridgehead atoms. The fraction of sp³-hybridized carbons (Fsp3) is 0.429. The molecule has 5 nitrogen and oxygen atoms in total. The van der Waals surface area contributed by atoms with Crippen LogP contribution in [-0.2, 0) is 4.74 Å². The van der Waals surface area contributed by atoms with Gasteiger partial charge in [-0.25, -0.2) is 18.0 Å². The Morgan fingerprint density at radius 1 is 1.11 bits per heavy atom. The number of aromatic nitrogens is 1. The van der Waals surface area contributed by atoms with Crippen molar-refractivity contribution in [2.45, 2.75) is 64.5 Å². The van der Waals surface area contributed by atoms with E-state index in [4.69, 9.17) is 4.74 Å². The third-order valence-corrected chi connectivity index (χ3v) is 6.52. The zero-order valence-electron chi connectivity index (χ0n) is 21.0. The fourth-order valence-electron chi connectivity index (χ4n) is 4.65. The second-order valence-electron chi connectivity index (χ2n) is 10.3. The number of carbonyl (C=O) groups is 1.